The normalized spacial score (nSPS) is 17.9. The zero-order valence-corrected chi connectivity index (χ0v) is 60.1. The average Bonchev–Trinajstić information content (AvgIpc) is 4.03. The molecule has 8 heteroatoms. The van der Waals surface area contributed by atoms with Crippen molar-refractivity contribution in [1.82, 2.24) is 0 Å². The molecule has 0 spiro atoms. The number of rotatable bonds is 11. The van der Waals surface area contributed by atoms with Crippen molar-refractivity contribution in [3.8, 4) is 33.4 Å². The molecule has 0 saturated heterocycles. The van der Waals surface area contributed by atoms with Gasteiger partial charge in [0.05, 0.1) is 0 Å². The molecule has 1 aliphatic heterocycles. The summed E-state index contributed by atoms with van der Waals surface area (Å²) in [6.07, 6.45) is 5.29. The fourth-order valence-corrected chi connectivity index (χ4v) is 46.7. The van der Waals surface area contributed by atoms with Gasteiger partial charge in [0, 0.05) is 0 Å². The van der Waals surface area contributed by atoms with Gasteiger partial charge in [-0.1, -0.05) is 0 Å². The molecule has 0 N–H and O–H groups in total. The first-order chi connectivity index (χ1) is 34.8. The van der Waals surface area contributed by atoms with Crippen molar-refractivity contribution in [1.29, 1.82) is 0 Å². The van der Waals surface area contributed by atoms with Crippen LogP contribution in [0.2, 0.25) is 78.6 Å². The zero-order valence-electron chi connectivity index (χ0n) is 50.7. The Labute approximate surface area is 476 Å². The number of halogens is 2. The van der Waals surface area contributed by atoms with Gasteiger partial charge in [0.1, 0.15) is 0 Å². The van der Waals surface area contributed by atoms with E-state index in [4.69, 9.17) is 0 Å². The Hall–Kier alpha value is -2.65. The number of benzene rings is 6. The zero-order chi connectivity index (χ0) is 56.0. The van der Waals surface area contributed by atoms with Gasteiger partial charge in [-0.2, -0.15) is 0 Å². The third kappa shape index (κ3) is 9.95. The van der Waals surface area contributed by atoms with E-state index in [1.54, 1.807) is 20.7 Å². The van der Waals surface area contributed by atoms with Crippen molar-refractivity contribution in [2.45, 2.75) is 167 Å². The number of allylic oxidation sites excluding steroid dienone is 2. The van der Waals surface area contributed by atoms with Crippen molar-refractivity contribution in [3.05, 3.63) is 148 Å². The van der Waals surface area contributed by atoms with E-state index in [0.717, 1.165) is 0 Å². The molecule has 401 valence electrons. The molecule has 0 radical (unpaired) electrons. The number of fused-ring (bicyclic) bond motifs is 5. The van der Waals surface area contributed by atoms with E-state index in [0.29, 0.717) is 11.8 Å². The molecular formula is C68H91Cl2Si5Zr. The minimum absolute atomic E-state index is 0.191. The average molecular weight is 1210 g/mol. The summed E-state index contributed by atoms with van der Waals surface area (Å²) in [5.74, 6) is 0.638. The Morgan fingerprint density at radius 3 is 1.18 bits per heavy atom. The Morgan fingerprint density at radius 2 is 0.829 bits per heavy atom. The van der Waals surface area contributed by atoms with E-state index >= 15 is 0 Å². The molecule has 0 aromatic heterocycles. The fourth-order valence-electron chi connectivity index (χ4n) is 13.3. The third-order valence-electron chi connectivity index (χ3n) is 17.8. The van der Waals surface area contributed by atoms with E-state index in [9.17, 15) is 17.0 Å². The summed E-state index contributed by atoms with van der Waals surface area (Å²) >= 11 is -6.01. The molecule has 0 bridgehead atoms. The Balaban J connectivity index is 1.46. The van der Waals surface area contributed by atoms with Crippen LogP contribution in [0.25, 0.3) is 45.5 Å². The molecular weight excluding hydrogens is 1120 g/mol. The van der Waals surface area contributed by atoms with Gasteiger partial charge in [-0.05, 0) is 0 Å². The van der Waals surface area contributed by atoms with Crippen molar-refractivity contribution in [2.75, 3.05) is 0 Å². The summed E-state index contributed by atoms with van der Waals surface area (Å²) in [7, 11) is 11.9. The maximum absolute atomic E-state index is 9.90. The van der Waals surface area contributed by atoms with Gasteiger partial charge >= 0.3 is 481 Å². The van der Waals surface area contributed by atoms with Crippen LogP contribution in [0.15, 0.2) is 114 Å². The van der Waals surface area contributed by atoms with E-state index < -0.39 is 58.2 Å². The first kappa shape index (κ1) is 58.0. The predicted molar refractivity (Wildman–Crippen MR) is 355 cm³/mol. The summed E-state index contributed by atoms with van der Waals surface area (Å²) < 4.78 is 0.923. The van der Waals surface area contributed by atoms with Crippen LogP contribution >= 0.6 is 17.0 Å². The monoisotopic (exact) mass is 1210 g/mol. The van der Waals surface area contributed by atoms with E-state index in [2.05, 4.69) is 263 Å². The van der Waals surface area contributed by atoms with Gasteiger partial charge in [-0.3, -0.25) is 0 Å². The Morgan fingerprint density at radius 1 is 0.461 bits per heavy atom. The molecule has 0 fully saturated rings. The SMILES string of the molecule is CC(C)c1ccc2c(c1-c1cc([Si](C)(C)C)cc([Si](C)(C)C)c1)C=C(C(C)(C)C)[CH]2[Zr]([Cl])([Cl])([c]1cccc2c1[SiH2]c1ccccc1-2)[CH]1C(C(C)(C)C)=Cc2c1ccc(C(C)C)c2-c1cc([Si](C)(C)C)cc([Si](C)(C)C)c1. The molecule has 9 rings (SSSR count). The topological polar surface area (TPSA) is 0 Å². The molecule has 3 aliphatic rings. The molecule has 2 atom stereocenters. The van der Waals surface area contributed by atoms with Gasteiger partial charge in [-0.25, -0.2) is 0 Å². The quantitative estimate of drug-likeness (QED) is 0.113. The first-order valence-electron chi connectivity index (χ1n) is 28.7. The molecule has 76 heavy (non-hydrogen) atoms. The maximum atomic E-state index is 9.90. The van der Waals surface area contributed by atoms with Gasteiger partial charge in [-0.15, -0.1) is 0 Å². The minimum atomic E-state index is -6.01. The van der Waals surface area contributed by atoms with Gasteiger partial charge in [0.25, 0.3) is 0 Å². The molecule has 2 aliphatic carbocycles. The summed E-state index contributed by atoms with van der Waals surface area (Å²) in [5, 5.41) is 9.14. The van der Waals surface area contributed by atoms with Crippen LogP contribution in [0, 0.1) is 10.8 Å². The van der Waals surface area contributed by atoms with Crippen molar-refractivity contribution in [3.63, 3.8) is 0 Å². The molecule has 0 nitrogen and oxygen atoms in total. The van der Waals surface area contributed by atoms with Gasteiger partial charge < -0.3 is 0 Å². The number of hydrogen-bond donors (Lipinski definition) is 0. The van der Waals surface area contributed by atoms with Crippen LogP contribution in [0.3, 0.4) is 0 Å². The first-order valence-corrected chi connectivity index (χ1v) is 54.5. The molecule has 1 heterocycles. The summed E-state index contributed by atoms with van der Waals surface area (Å²) in [5.41, 5.74) is 18.8. The second-order valence-corrected chi connectivity index (χ2v) is 73.1. The second kappa shape index (κ2) is 19.2. The molecule has 0 amide bonds. The van der Waals surface area contributed by atoms with Crippen LogP contribution in [-0.4, -0.2) is 41.8 Å². The standard InChI is InChI=1S/2C28H41Si2.C12H9Si.2ClH.Zr/c2*1-19(2)25-13-12-20-14-22(28(3,4)5)17-26(20)27(25)21-15-23(29(6,7)8)18-24(16-21)30(9,10)11;1-3-7-11-9(5-1)10-6-2-4-8-12(10)13-11;;;/h2*12-19H,1-11H3;1-7H,13H2;2*1H;/q;;;;;+2/p-2. The molecule has 6 aromatic carbocycles. The van der Waals surface area contributed by atoms with Crippen molar-refractivity contribution >= 4 is 105 Å². The molecule has 2 unspecified atom stereocenters. The summed E-state index contributed by atoms with van der Waals surface area (Å²) in [6, 6.07) is 42.0. The third-order valence-corrected chi connectivity index (χ3v) is 48.4. The molecule has 0 saturated carbocycles. The van der Waals surface area contributed by atoms with Crippen LogP contribution in [-0.2, 0) is 16.4 Å². The fraction of sp³-hybridized carbons (Fsp3) is 0.412. The van der Waals surface area contributed by atoms with E-state index in [1.165, 1.54) is 91.6 Å². The van der Waals surface area contributed by atoms with Crippen LogP contribution < -0.4 is 34.4 Å². The summed E-state index contributed by atoms with van der Waals surface area (Å²) in [6.45, 7) is 54.4. The Bertz CT molecular complexity index is 3160. The van der Waals surface area contributed by atoms with Crippen LogP contribution in [0.4, 0.5) is 0 Å². The number of hydrogen-bond acceptors (Lipinski definition) is 0. The molecule has 6 aromatic rings. The predicted octanol–water partition coefficient (Wildman–Crippen LogP) is 16.5. The second-order valence-electron chi connectivity index (χ2n) is 30.4. The summed E-state index contributed by atoms with van der Waals surface area (Å²) in [4.78, 5) is 0. The van der Waals surface area contributed by atoms with E-state index in [1.807, 2.05) is 0 Å². The van der Waals surface area contributed by atoms with Gasteiger partial charge in [0.15, 0.2) is 0 Å². The van der Waals surface area contributed by atoms with Gasteiger partial charge in [0.2, 0.25) is 0 Å². The van der Waals surface area contributed by atoms with E-state index in [-0.39, 0.29) is 18.1 Å². The Kier molecular flexibility index (Phi) is 14.7. The van der Waals surface area contributed by atoms with Crippen LogP contribution in [0.5, 0.6) is 0 Å². The van der Waals surface area contributed by atoms with Crippen LogP contribution in [0.1, 0.15) is 122 Å². The van der Waals surface area contributed by atoms with Crippen molar-refractivity contribution in [2.24, 2.45) is 10.8 Å². The van der Waals surface area contributed by atoms with Crippen molar-refractivity contribution < 1.29 is 16.4 Å².